The second-order valence-electron chi connectivity index (χ2n) is 4.77. The number of hydrogen-bond acceptors (Lipinski definition) is 1. The van der Waals surface area contributed by atoms with Crippen molar-refractivity contribution in [1.29, 1.82) is 0 Å². The van der Waals surface area contributed by atoms with Gasteiger partial charge in [0.1, 0.15) is 5.82 Å². The number of benzene rings is 2. The number of rotatable bonds is 3. The molecule has 1 nitrogen and oxygen atoms in total. The van der Waals surface area contributed by atoms with E-state index in [1.165, 1.54) is 6.07 Å². The normalized spacial score (nSPS) is 14.2. The summed E-state index contributed by atoms with van der Waals surface area (Å²) in [5.41, 5.74) is 7.91. The van der Waals surface area contributed by atoms with E-state index in [4.69, 9.17) is 17.3 Å². The maximum atomic E-state index is 14.0. The predicted molar refractivity (Wildman–Crippen MR) is 77.8 cm³/mol. The van der Waals surface area contributed by atoms with Crippen molar-refractivity contribution in [2.24, 2.45) is 5.73 Å². The molecule has 0 fully saturated rings. The minimum absolute atomic E-state index is 0.288. The molecule has 1 unspecified atom stereocenters. The SMILES string of the molecule is CCC(N)(c1ccc(C)c(Cl)c1)c1ccccc1F. The quantitative estimate of drug-likeness (QED) is 0.884. The molecule has 0 bridgehead atoms. The van der Waals surface area contributed by atoms with Crippen molar-refractivity contribution >= 4 is 11.6 Å². The van der Waals surface area contributed by atoms with Gasteiger partial charge in [-0.3, -0.25) is 0 Å². The molecular formula is C16H17ClFN. The van der Waals surface area contributed by atoms with Crippen molar-refractivity contribution in [3.05, 3.63) is 70.0 Å². The summed E-state index contributed by atoms with van der Waals surface area (Å²) in [5, 5.41) is 0.650. The fourth-order valence-electron chi connectivity index (χ4n) is 2.24. The lowest BCUT2D eigenvalue weighted by Crippen LogP contribution is -2.38. The third kappa shape index (κ3) is 2.51. The summed E-state index contributed by atoms with van der Waals surface area (Å²) in [6, 6.07) is 12.3. The maximum absolute atomic E-state index is 14.0. The highest BCUT2D eigenvalue weighted by Crippen LogP contribution is 2.33. The first-order valence-electron chi connectivity index (χ1n) is 6.29. The molecule has 0 aromatic heterocycles. The number of nitrogens with two attached hydrogens (primary N) is 1. The van der Waals surface area contributed by atoms with Crippen molar-refractivity contribution in [2.75, 3.05) is 0 Å². The molecule has 2 aromatic rings. The van der Waals surface area contributed by atoms with E-state index in [9.17, 15) is 4.39 Å². The Morgan fingerprint density at radius 2 is 1.89 bits per heavy atom. The van der Waals surface area contributed by atoms with Gasteiger partial charge < -0.3 is 5.73 Å². The van der Waals surface area contributed by atoms with Crippen LogP contribution in [0.15, 0.2) is 42.5 Å². The summed E-state index contributed by atoms with van der Waals surface area (Å²) >= 11 is 6.15. The highest BCUT2D eigenvalue weighted by atomic mass is 35.5. The van der Waals surface area contributed by atoms with Gasteiger partial charge in [-0.25, -0.2) is 4.39 Å². The summed E-state index contributed by atoms with van der Waals surface area (Å²) in [6.07, 6.45) is 0.591. The molecule has 2 aromatic carbocycles. The zero-order chi connectivity index (χ0) is 14.0. The van der Waals surface area contributed by atoms with Gasteiger partial charge in [-0.1, -0.05) is 48.9 Å². The second-order valence-corrected chi connectivity index (χ2v) is 5.18. The van der Waals surface area contributed by atoms with E-state index in [2.05, 4.69) is 0 Å². The first kappa shape index (κ1) is 14.0. The summed E-state index contributed by atoms with van der Waals surface area (Å²) in [5.74, 6) is -0.288. The van der Waals surface area contributed by atoms with E-state index in [1.807, 2.05) is 32.0 Å². The Hall–Kier alpha value is -1.38. The van der Waals surface area contributed by atoms with Gasteiger partial charge in [-0.2, -0.15) is 0 Å². The standard InChI is InChI=1S/C16H17ClFN/c1-3-16(19,13-6-4-5-7-15(13)18)12-9-8-11(2)14(17)10-12/h4-10H,3,19H2,1-2H3. The van der Waals surface area contributed by atoms with Crippen LogP contribution >= 0.6 is 11.6 Å². The van der Waals surface area contributed by atoms with Gasteiger partial charge in [0, 0.05) is 10.6 Å². The average molecular weight is 278 g/mol. The average Bonchev–Trinajstić information content (AvgIpc) is 2.41. The lowest BCUT2D eigenvalue weighted by molar-refractivity contribution is 0.479. The smallest absolute Gasteiger partial charge is 0.128 e. The molecule has 0 aliphatic heterocycles. The molecule has 0 aliphatic carbocycles. The molecule has 0 amide bonds. The molecule has 0 saturated carbocycles. The highest BCUT2D eigenvalue weighted by Gasteiger charge is 2.30. The maximum Gasteiger partial charge on any atom is 0.128 e. The van der Waals surface area contributed by atoms with Gasteiger partial charge in [-0.15, -0.1) is 0 Å². The van der Waals surface area contributed by atoms with E-state index >= 15 is 0 Å². The van der Waals surface area contributed by atoms with Crippen LogP contribution in [0.5, 0.6) is 0 Å². The van der Waals surface area contributed by atoms with Gasteiger partial charge >= 0.3 is 0 Å². The summed E-state index contributed by atoms with van der Waals surface area (Å²) < 4.78 is 14.0. The Morgan fingerprint density at radius 3 is 2.47 bits per heavy atom. The first-order valence-corrected chi connectivity index (χ1v) is 6.67. The van der Waals surface area contributed by atoms with Gasteiger partial charge in [-0.05, 0) is 36.6 Å². The fraction of sp³-hybridized carbons (Fsp3) is 0.250. The molecule has 2 rings (SSSR count). The summed E-state index contributed by atoms with van der Waals surface area (Å²) in [4.78, 5) is 0. The first-order chi connectivity index (χ1) is 8.99. The van der Waals surface area contributed by atoms with E-state index < -0.39 is 5.54 Å². The Kier molecular flexibility index (Phi) is 3.93. The van der Waals surface area contributed by atoms with Crippen LogP contribution in [-0.2, 0) is 5.54 Å². The van der Waals surface area contributed by atoms with Crippen molar-refractivity contribution in [3.63, 3.8) is 0 Å². The van der Waals surface area contributed by atoms with Crippen molar-refractivity contribution in [2.45, 2.75) is 25.8 Å². The second kappa shape index (κ2) is 5.32. The van der Waals surface area contributed by atoms with Gasteiger partial charge in [0.2, 0.25) is 0 Å². The van der Waals surface area contributed by atoms with Gasteiger partial charge in [0.15, 0.2) is 0 Å². The van der Waals surface area contributed by atoms with Crippen molar-refractivity contribution in [3.8, 4) is 0 Å². The predicted octanol–water partition coefficient (Wildman–Crippen LogP) is 4.40. The third-order valence-corrected chi connectivity index (χ3v) is 4.01. The molecule has 3 heteroatoms. The topological polar surface area (TPSA) is 26.0 Å². The minimum Gasteiger partial charge on any atom is -0.318 e. The molecule has 1 atom stereocenters. The Labute approximate surface area is 118 Å². The largest absolute Gasteiger partial charge is 0.318 e. The molecule has 0 aliphatic rings. The van der Waals surface area contributed by atoms with Crippen LogP contribution in [0.4, 0.5) is 4.39 Å². The van der Waals surface area contributed by atoms with Gasteiger partial charge in [0.05, 0.1) is 5.54 Å². The van der Waals surface area contributed by atoms with Crippen LogP contribution in [0, 0.1) is 12.7 Å². The lowest BCUT2D eigenvalue weighted by Gasteiger charge is -2.30. The van der Waals surface area contributed by atoms with Crippen LogP contribution < -0.4 is 5.73 Å². The van der Waals surface area contributed by atoms with Crippen LogP contribution in [-0.4, -0.2) is 0 Å². The van der Waals surface area contributed by atoms with E-state index in [-0.39, 0.29) is 5.82 Å². The van der Waals surface area contributed by atoms with E-state index in [0.29, 0.717) is 17.0 Å². The summed E-state index contributed by atoms with van der Waals surface area (Å²) in [6.45, 7) is 3.87. The molecule has 0 spiro atoms. The number of hydrogen-bond donors (Lipinski definition) is 1. The zero-order valence-corrected chi connectivity index (χ0v) is 11.8. The molecule has 19 heavy (non-hydrogen) atoms. The van der Waals surface area contributed by atoms with Crippen molar-refractivity contribution < 1.29 is 4.39 Å². The number of halogens is 2. The fourth-order valence-corrected chi connectivity index (χ4v) is 2.42. The van der Waals surface area contributed by atoms with E-state index in [1.54, 1.807) is 18.2 Å². The molecule has 0 heterocycles. The minimum atomic E-state index is -0.858. The number of aryl methyl sites for hydroxylation is 1. The monoisotopic (exact) mass is 277 g/mol. The third-order valence-electron chi connectivity index (χ3n) is 3.60. The molecular weight excluding hydrogens is 261 g/mol. The molecule has 2 N–H and O–H groups in total. The van der Waals surface area contributed by atoms with Crippen molar-refractivity contribution in [1.82, 2.24) is 0 Å². The lowest BCUT2D eigenvalue weighted by atomic mass is 9.81. The van der Waals surface area contributed by atoms with Crippen LogP contribution in [0.25, 0.3) is 0 Å². The van der Waals surface area contributed by atoms with Crippen LogP contribution in [0.3, 0.4) is 0 Å². The molecule has 100 valence electrons. The van der Waals surface area contributed by atoms with Crippen LogP contribution in [0.2, 0.25) is 5.02 Å². The summed E-state index contributed by atoms with van der Waals surface area (Å²) in [7, 11) is 0. The van der Waals surface area contributed by atoms with E-state index in [0.717, 1.165) is 11.1 Å². The Bertz CT molecular complexity index is 597. The van der Waals surface area contributed by atoms with Gasteiger partial charge in [0.25, 0.3) is 0 Å². The van der Waals surface area contributed by atoms with Crippen LogP contribution in [0.1, 0.15) is 30.0 Å². The highest BCUT2D eigenvalue weighted by molar-refractivity contribution is 6.31. The molecule has 0 saturated heterocycles. The molecule has 0 radical (unpaired) electrons. The zero-order valence-electron chi connectivity index (χ0n) is 11.1. The Morgan fingerprint density at radius 1 is 1.21 bits per heavy atom. The Balaban J connectivity index is 2.60.